The van der Waals surface area contributed by atoms with Crippen molar-refractivity contribution in [1.29, 1.82) is 0 Å². The second-order valence-corrected chi connectivity index (χ2v) is 4.51. The highest BCUT2D eigenvalue weighted by molar-refractivity contribution is 5.68. The van der Waals surface area contributed by atoms with Crippen LogP contribution in [-0.2, 0) is 11.2 Å². The molecule has 0 aliphatic heterocycles. The molecular weight excluding hydrogens is 240 g/mol. The molecule has 102 valence electrons. The summed E-state index contributed by atoms with van der Waals surface area (Å²) >= 11 is 0. The number of hydrogen-bond acceptors (Lipinski definition) is 5. The number of ether oxygens (including phenoxy) is 1. The summed E-state index contributed by atoms with van der Waals surface area (Å²) in [5, 5.41) is 3.47. The van der Waals surface area contributed by atoms with Crippen LogP contribution in [0.25, 0.3) is 11.2 Å². The van der Waals surface area contributed by atoms with Gasteiger partial charge in [0, 0.05) is 37.7 Å². The van der Waals surface area contributed by atoms with Crippen LogP contribution in [0, 0.1) is 0 Å². The summed E-state index contributed by atoms with van der Waals surface area (Å²) in [6, 6.07) is 4.26. The first-order valence-corrected chi connectivity index (χ1v) is 6.62. The lowest BCUT2D eigenvalue weighted by Crippen LogP contribution is -2.35. The Morgan fingerprint density at radius 1 is 1.26 bits per heavy atom. The normalized spacial score (nSPS) is 12.7. The van der Waals surface area contributed by atoms with E-state index in [1.54, 1.807) is 19.5 Å². The van der Waals surface area contributed by atoms with Crippen LogP contribution < -0.4 is 5.32 Å². The van der Waals surface area contributed by atoms with Gasteiger partial charge in [0.05, 0.1) is 6.61 Å². The minimum Gasteiger partial charge on any atom is -0.383 e. The van der Waals surface area contributed by atoms with Crippen LogP contribution >= 0.6 is 0 Å². The van der Waals surface area contributed by atoms with E-state index in [-0.39, 0.29) is 6.04 Å². The summed E-state index contributed by atoms with van der Waals surface area (Å²) in [7, 11) is 1.72. The molecule has 2 rings (SSSR count). The molecule has 0 radical (unpaired) electrons. The maximum Gasteiger partial charge on any atom is 0.178 e. The third-order valence-electron chi connectivity index (χ3n) is 2.90. The van der Waals surface area contributed by atoms with Gasteiger partial charge in [0.15, 0.2) is 5.65 Å². The van der Waals surface area contributed by atoms with Crippen molar-refractivity contribution in [3.63, 3.8) is 0 Å². The first-order valence-electron chi connectivity index (χ1n) is 6.62. The van der Waals surface area contributed by atoms with Gasteiger partial charge in [0.25, 0.3) is 0 Å². The Kier molecular flexibility index (Phi) is 5.18. The average Bonchev–Trinajstić information content (AvgIpc) is 2.45. The SMILES string of the molecule is CCCNC(COC)Cc1ccc2nccnc2n1. The maximum absolute atomic E-state index is 5.24. The third-order valence-corrected chi connectivity index (χ3v) is 2.90. The highest BCUT2D eigenvalue weighted by atomic mass is 16.5. The highest BCUT2D eigenvalue weighted by Crippen LogP contribution is 2.08. The number of pyridine rings is 1. The van der Waals surface area contributed by atoms with E-state index >= 15 is 0 Å². The Morgan fingerprint density at radius 3 is 2.89 bits per heavy atom. The van der Waals surface area contributed by atoms with Crippen molar-refractivity contribution in [2.45, 2.75) is 25.8 Å². The topological polar surface area (TPSA) is 59.9 Å². The maximum atomic E-state index is 5.24. The summed E-state index contributed by atoms with van der Waals surface area (Å²) in [5.74, 6) is 0. The molecule has 2 aromatic rings. The van der Waals surface area contributed by atoms with Crippen LogP contribution in [0.4, 0.5) is 0 Å². The standard InChI is InChI=1S/C14H20N4O/c1-3-6-15-12(10-19-2)9-11-4-5-13-14(18-11)17-8-7-16-13/h4-5,7-8,12,15H,3,6,9-10H2,1-2H3. The van der Waals surface area contributed by atoms with E-state index in [1.165, 1.54) is 0 Å². The van der Waals surface area contributed by atoms with Gasteiger partial charge < -0.3 is 10.1 Å². The van der Waals surface area contributed by atoms with Crippen molar-refractivity contribution in [2.24, 2.45) is 0 Å². The molecule has 0 aromatic carbocycles. The largest absolute Gasteiger partial charge is 0.383 e. The van der Waals surface area contributed by atoms with Gasteiger partial charge in [0.1, 0.15) is 5.52 Å². The first-order chi connectivity index (χ1) is 9.33. The van der Waals surface area contributed by atoms with Crippen molar-refractivity contribution >= 4 is 11.2 Å². The van der Waals surface area contributed by atoms with E-state index in [0.717, 1.165) is 30.6 Å². The molecule has 0 aliphatic carbocycles. The molecule has 0 aliphatic rings. The lowest BCUT2D eigenvalue weighted by molar-refractivity contribution is 0.165. The van der Waals surface area contributed by atoms with Crippen LogP contribution in [0.2, 0.25) is 0 Å². The molecule has 2 aromatic heterocycles. The van der Waals surface area contributed by atoms with Crippen molar-refractivity contribution in [3.8, 4) is 0 Å². The van der Waals surface area contributed by atoms with Crippen molar-refractivity contribution in [3.05, 3.63) is 30.2 Å². The fourth-order valence-electron chi connectivity index (χ4n) is 2.00. The molecule has 5 heteroatoms. The van der Waals surface area contributed by atoms with Crippen LogP contribution in [0.1, 0.15) is 19.0 Å². The molecule has 1 atom stereocenters. The first kappa shape index (κ1) is 13.8. The molecule has 2 heterocycles. The number of aromatic nitrogens is 3. The Bertz CT molecular complexity index is 518. The van der Waals surface area contributed by atoms with Crippen molar-refractivity contribution in [2.75, 3.05) is 20.3 Å². The van der Waals surface area contributed by atoms with Crippen LogP contribution in [0.5, 0.6) is 0 Å². The Labute approximate surface area is 113 Å². The molecule has 5 nitrogen and oxygen atoms in total. The molecular formula is C14H20N4O. The van der Waals surface area contributed by atoms with E-state index in [9.17, 15) is 0 Å². The lowest BCUT2D eigenvalue weighted by Gasteiger charge is -2.17. The van der Waals surface area contributed by atoms with E-state index in [2.05, 4.69) is 27.2 Å². The monoisotopic (exact) mass is 260 g/mol. The van der Waals surface area contributed by atoms with E-state index in [0.29, 0.717) is 12.3 Å². The van der Waals surface area contributed by atoms with Gasteiger partial charge in [-0.2, -0.15) is 0 Å². The van der Waals surface area contributed by atoms with Crippen LogP contribution in [0.15, 0.2) is 24.5 Å². The van der Waals surface area contributed by atoms with Gasteiger partial charge >= 0.3 is 0 Å². The molecule has 0 saturated heterocycles. The number of methoxy groups -OCH3 is 1. The molecule has 0 bridgehead atoms. The van der Waals surface area contributed by atoms with E-state index in [4.69, 9.17) is 4.74 Å². The van der Waals surface area contributed by atoms with Crippen molar-refractivity contribution in [1.82, 2.24) is 20.3 Å². The predicted octanol–water partition coefficient (Wildman–Crippen LogP) is 1.58. The summed E-state index contributed by atoms with van der Waals surface area (Å²) < 4.78 is 5.24. The molecule has 1 unspecified atom stereocenters. The number of fused-ring (bicyclic) bond motifs is 1. The number of nitrogens with zero attached hydrogens (tertiary/aromatic N) is 3. The lowest BCUT2D eigenvalue weighted by atomic mass is 10.1. The zero-order valence-electron chi connectivity index (χ0n) is 11.5. The van der Waals surface area contributed by atoms with Gasteiger partial charge in [-0.1, -0.05) is 6.92 Å². The summed E-state index contributed by atoms with van der Waals surface area (Å²) in [6.45, 7) is 3.82. The zero-order valence-corrected chi connectivity index (χ0v) is 11.5. The van der Waals surface area contributed by atoms with Gasteiger partial charge in [-0.05, 0) is 25.1 Å². The molecule has 19 heavy (non-hydrogen) atoms. The summed E-state index contributed by atoms with van der Waals surface area (Å²) in [5.41, 5.74) is 2.54. The smallest absolute Gasteiger partial charge is 0.178 e. The quantitative estimate of drug-likeness (QED) is 0.819. The number of rotatable bonds is 7. The summed E-state index contributed by atoms with van der Waals surface area (Å²) in [6.07, 6.45) is 5.29. The zero-order chi connectivity index (χ0) is 13.5. The number of nitrogens with one attached hydrogen (secondary N) is 1. The Morgan fingerprint density at radius 2 is 2.11 bits per heavy atom. The minimum absolute atomic E-state index is 0.284. The molecule has 0 spiro atoms. The Balaban J connectivity index is 2.09. The fraction of sp³-hybridized carbons (Fsp3) is 0.500. The van der Waals surface area contributed by atoms with Crippen molar-refractivity contribution < 1.29 is 4.74 Å². The van der Waals surface area contributed by atoms with E-state index < -0.39 is 0 Å². The second-order valence-electron chi connectivity index (χ2n) is 4.51. The average molecular weight is 260 g/mol. The molecule has 0 fully saturated rings. The van der Waals surface area contributed by atoms with E-state index in [1.807, 2.05) is 12.1 Å². The number of hydrogen-bond donors (Lipinski definition) is 1. The minimum atomic E-state index is 0.284. The molecule has 1 N–H and O–H groups in total. The molecule has 0 amide bonds. The predicted molar refractivity (Wildman–Crippen MR) is 75.0 cm³/mol. The fourth-order valence-corrected chi connectivity index (χ4v) is 2.00. The van der Waals surface area contributed by atoms with Gasteiger partial charge in [-0.15, -0.1) is 0 Å². The second kappa shape index (κ2) is 7.11. The van der Waals surface area contributed by atoms with Gasteiger partial charge in [-0.25, -0.2) is 9.97 Å². The van der Waals surface area contributed by atoms with Crippen LogP contribution in [-0.4, -0.2) is 41.3 Å². The third kappa shape index (κ3) is 3.94. The van der Waals surface area contributed by atoms with Gasteiger partial charge in [0.2, 0.25) is 0 Å². The molecule has 0 saturated carbocycles. The van der Waals surface area contributed by atoms with Gasteiger partial charge in [-0.3, -0.25) is 4.98 Å². The van der Waals surface area contributed by atoms with Crippen LogP contribution in [0.3, 0.4) is 0 Å². The highest BCUT2D eigenvalue weighted by Gasteiger charge is 2.10. The summed E-state index contributed by atoms with van der Waals surface area (Å²) in [4.78, 5) is 13.0. The Hall–Kier alpha value is -1.59.